The van der Waals surface area contributed by atoms with Gasteiger partial charge in [-0.25, -0.2) is 0 Å². The highest BCUT2D eigenvalue weighted by molar-refractivity contribution is 5.37. The van der Waals surface area contributed by atoms with Gasteiger partial charge in [0.15, 0.2) is 0 Å². The molecule has 15 heavy (non-hydrogen) atoms. The summed E-state index contributed by atoms with van der Waals surface area (Å²) in [4.78, 5) is 0. The minimum atomic E-state index is 0.581. The topological polar surface area (TPSA) is 0 Å². The largest absolute Gasteiger partial charge is 0.0735 e. The smallest absolute Gasteiger partial charge is 0.000292 e. The Morgan fingerprint density at radius 3 is 2.67 bits per heavy atom. The fourth-order valence-corrected chi connectivity index (χ4v) is 5.34. The average molecular weight is 204 g/mol. The molecule has 0 aromatic heterocycles. The maximum atomic E-state index is 2.55. The van der Waals surface area contributed by atoms with Crippen LogP contribution in [0.5, 0.6) is 0 Å². The molecular formula is C15H24. The van der Waals surface area contributed by atoms with E-state index in [4.69, 9.17) is 0 Å². The van der Waals surface area contributed by atoms with Crippen molar-refractivity contribution in [2.24, 2.45) is 22.7 Å². The van der Waals surface area contributed by atoms with Crippen LogP contribution in [-0.2, 0) is 0 Å². The van der Waals surface area contributed by atoms with Crippen LogP contribution in [0.2, 0.25) is 0 Å². The first-order valence-electron chi connectivity index (χ1n) is 6.69. The second-order valence-corrected chi connectivity index (χ2v) is 6.83. The third kappa shape index (κ3) is 0.905. The van der Waals surface area contributed by atoms with E-state index in [1.807, 2.05) is 5.57 Å². The Balaban J connectivity index is 2.20. The first kappa shape index (κ1) is 9.93. The van der Waals surface area contributed by atoms with E-state index < -0.39 is 0 Å². The summed E-state index contributed by atoms with van der Waals surface area (Å²) in [6.07, 6.45) is 7.23. The summed E-state index contributed by atoms with van der Waals surface area (Å²) >= 11 is 0. The third-order valence-corrected chi connectivity index (χ3v) is 6.36. The van der Waals surface area contributed by atoms with E-state index in [9.17, 15) is 0 Å². The van der Waals surface area contributed by atoms with Gasteiger partial charge >= 0.3 is 0 Å². The quantitative estimate of drug-likeness (QED) is 0.507. The number of rotatable bonds is 0. The Morgan fingerprint density at radius 2 is 1.93 bits per heavy atom. The van der Waals surface area contributed by atoms with Gasteiger partial charge in [-0.05, 0) is 61.7 Å². The van der Waals surface area contributed by atoms with Crippen LogP contribution in [0.15, 0.2) is 11.1 Å². The van der Waals surface area contributed by atoms with Crippen LogP contribution in [-0.4, -0.2) is 0 Å². The van der Waals surface area contributed by atoms with E-state index in [0.29, 0.717) is 10.8 Å². The Labute approximate surface area is 94.1 Å². The molecule has 0 radical (unpaired) electrons. The van der Waals surface area contributed by atoms with Gasteiger partial charge in [0.2, 0.25) is 0 Å². The van der Waals surface area contributed by atoms with Gasteiger partial charge < -0.3 is 0 Å². The summed E-state index contributed by atoms with van der Waals surface area (Å²) in [6.45, 7) is 10.0. The van der Waals surface area contributed by atoms with Gasteiger partial charge in [-0.15, -0.1) is 0 Å². The van der Waals surface area contributed by atoms with E-state index in [2.05, 4.69) is 27.7 Å². The molecular weight excluding hydrogens is 180 g/mol. The molecule has 0 nitrogen and oxygen atoms in total. The summed E-state index contributed by atoms with van der Waals surface area (Å²) in [6, 6.07) is 0. The molecule has 1 unspecified atom stereocenters. The maximum absolute atomic E-state index is 2.55. The Hall–Kier alpha value is -0.260. The van der Waals surface area contributed by atoms with Gasteiger partial charge in [-0.1, -0.05) is 31.9 Å². The van der Waals surface area contributed by atoms with Crippen molar-refractivity contribution < 1.29 is 0 Å². The first-order chi connectivity index (χ1) is 7.00. The van der Waals surface area contributed by atoms with Crippen molar-refractivity contribution in [1.29, 1.82) is 0 Å². The Bertz CT molecular complexity index is 334. The molecule has 2 fully saturated rings. The van der Waals surface area contributed by atoms with Crippen molar-refractivity contribution in [3.8, 4) is 0 Å². The Kier molecular flexibility index (Phi) is 1.79. The summed E-state index contributed by atoms with van der Waals surface area (Å²) in [5.41, 5.74) is 4.83. The van der Waals surface area contributed by atoms with Crippen molar-refractivity contribution in [2.75, 3.05) is 0 Å². The molecule has 0 aliphatic heterocycles. The molecule has 3 aliphatic carbocycles. The SMILES string of the molecule is CC1=C2C[C@H]3CCC(C)[C@]2(CC1)C3(C)C. The lowest BCUT2D eigenvalue weighted by atomic mass is 9.53. The molecule has 3 aliphatic rings. The highest BCUT2D eigenvalue weighted by Gasteiger charge is 2.63. The minimum absolute atomic E-state index is 0.581. The average Bonchev–Trinajstić information content (AvgIpc) is 2.53. The molecule has 0 saturated heterocycles. The van der Waals surface area contributed by atoms with Crippen LogP contribution >= 0.6 is 0 Å². The van der Waals surface area contributed by atoms with Gasteiger partial charge in [0.05, 0.1) is 0 Å². The molecule has 0 heteroatoms. The third-order valence-electron chi connectivity index (χ3n) is 6.36. The molecule has 0 heterocycles. The molecule has 3 atom stereocenters. The summed E-state index contributed by atoms with van der Waals surface area (Å²) in [7, 11) is 0. The first-order valence-corrected chi connectivity index (χ1v) is 6.69. The lowest BCUT2D eigenvalue weighted by Gasteiger charge is -2.51. The molecule has 0 aromatic rings. The number of fused-ring (bicyclic) bond motifs is 1. The van der Waals surface area contributed by atoms with Crippen molar-refractivity contribution >= 4 is 0 Å². The predicted molar refractivity (Wildman–Crippen MR) is 64.7 cm³/mol. The highest BCUT2D eigenvalue weighted by atomic mass is 14.7. The maximum Gasteiger partial charge on any atom is -0.000292 e. The number of allylic oxidation sites excluding steroid dienone is 2. The number of hydrogen-bond acceptors (Lipinski definition) is 0. The van der Waals surface area contributed by atoms with E-state index >= 15 is 0 Å². The van der Waals surface area contributed by atoms with Crippen LogP contribution in [0.4, 0.5) is 0 Å². The molecule has 84 valence electrons. The fourth-order valence-electron chi connectivity index (χ4n) is 5.34. The monoisotopic (exact) mass is 204 g/mol. The molecule has 3 rings (SSSR count). The number of hydrogen-bond donors (Lipinski definition) is 0. The summed E-state index contributed by atoms with van der Waals surface area (Å²) in [5, 5.41) is 0. The fraction of sp³-hybridized carbons (Fsp3) is 0.867. The summed E-state index contributed by atoms with van der Waals surface area (Å²) in [5.74, 6) is 1.91. The minimum Gasteiger partial charge on any atom is -0.0735 e. The van der Waals surface area contributed by atoms with Crippen LogP contribution in [0, 0.1) is 22.7 Å². The zero-order chi connectivity index (χ0) is 10.8. The van der Waals surface area contributed by atoms with Gasteiger partial charge in [0.25, 0.3) is 0 Å². The van der Waals surface area contributed by atoms with Gasteiger partial charge in [-0.2, -0.15) is 0 Å². The molecule has 2 bridgehead atoms. The van der Waals surface area contributed by atoms with Crippen LogP contribution in [0.25, 0.3) is 0 Å². The second-order valence-electron chi connectivity index (χ2n) is 6.83. The van der Waals surface area contributed by atoms with Gasteiger partial charge in [0, 0.05) is 0 Å². The van der Waals surface area contributed by atoms with Crippen molar-refractivity contribution in [3.63, 3.8) is 0 Å². The molecule has 1 spiro atoms. The van der Waals surface area contributed by atoms with Crippen LogP contribution in [0.1, 0.15) is 59.8 Å². The lowest BCUT2D eigenvalue weighted by Crippen LogP contribution is -2.44. The summed E-state index contributed by atoms with van der Waals surface area (Å²) < 4.78 is 0. The van der Waals surface area contributed by atoms with Crippen LogP contribution < -0.4 is 0 Å². The van der Waals surface area contributed by atoms with Crippen LogP contribution in [0.3, 0.4) is 0 Å². The van der Waals surface area contributed by atoms with E-state index in [-0.39, 0.29) is 0 Å². The van der Waals surface area contributed by atoms with E-state index in [1.165, 1.54) is 32.1 Å². The zero-order valence-corrected chi connectivity index (χ0v) is 10.7. The lowest BCUT2D eigenvalue weighted by molar-refractivity contribution is -0.00753. The molecule has 2 saturated carbocycles. The van der Waals surface area contributed by atoms with Gasteiger partial charge in [-0.3, -0.25) is 0 Å². The van der Waals surface area contributed by atoms with E-state index in [1.54, 1.807) is 5.57 Å². The van der Waals surface area contributed by atoms with Crippen molar-refractivity contribution in [2.45, 2.75) is 59.8 Å². The van der Waals surface area contributed by atoms with Crippen molar-refractivity contribution in [3.05, 3.63) is 11.1 Å². The Morgan fingerprint density at radius 1 is 1.20 bits per heavy atom. The molecule has 0 amide bonds. The second kappa shape index (κ2) is 2.70. The highest BCUT2D eigenvalue weighted by Crippen LogP contribution is 2.72. The van der Waals surface area contributed by atoms with E-state index in [0.717, 1.165) is 11.8 Å². The zero-order valence-electron chi connectivity index (χ0n) is 10.7. The predicted octanol–water partition coefficient (Wildman–Crippen LogP) is 4.56. The normalized spacial score (nSPS) is 47.2. The molecule has 0 N–H and O–H groups in total. The van der Waals surface area contributed by atoms with Crippen molar-refractivity contribution in [1.82, 2.24) is 0 Å². The van der Waals surface area contributed by atoms with Gasteiger partial charge in [0.1, 0.15) is 0 Å². The standard InChI is InChI=1S/C15H24/c1-10-7-8-15-11(2)5-6-12(9-13(10)15)14(15,3)4/h11-12H,5-9H2,1-4H3/t11?,12-,15+/m1/s1. The molecule has 0 aromatic carbocycles.